The first-order chi connectivity index (χ1) is 8.46. The van der Waals surface area contributed by atoms with Crippen molar-refractivity contribution in [3.8, 4) is 0 Å². The number of carboxylic acids is 1. The number of aromatic carboxylic acids is 1. The lowest BCUT2D eigenvalue weighted by Crippen LogP contribution is -2.46. The molecule has 1 atom stereocenters. The third kappa shape index (κ3) is 3.27. The van der Waals surface area contributed by atoms with Crippen molar-refractivity contribution >= 4 is 5.97 Å². The standard InChI is InChI=1S/C11H18N4O3/c1-11(18)3-2-4-14(8-11)5-6-15-7-9(10(16)17)12-13-15/h7,18H,2-6,8H2,1H3,(H,16,17). The molecule has 2 heterocycles. The maximum atomic E-state index is 10.6. The van der Waals surface area contributed by atoms with Crippen LogP contribution in [-0.2, 0) is 6.54 Å². The van der Waals surface area contributed by atoms with E-state index < -0.39 is 11.6 Å². The van der Waals surface area contributed by atoms with Crippen LogP contribution < -0.4 is 0 Å². The Morgan fingerprint density at radius 3 is 2.94 bits per heavy atom. The summed E-state index contributed by atoms with van der Waals surface area (Å²) in [6.07, 6.45) is 3.23. The van der Waals surface area contributed by atoms with E-state index in [4.69, 9.17) is 5.11 Å². The summed E-state index contributed by atoms with van der Waals surface area (Å²) in [7, 11) is 0. The highest BCUT2D eigenvalue weighted by molar-refractivity contribution is 5.84. The van der Waals surface area contributed by atoms with Crippen LogP contribution in [0.2, 0.25) is 0 Å². The zero-order valence-corrected chi connectivity index (χ0v) is 10.4. The topological polar surface area (TPSA) is 91.5 Å². The molecule has 0 bridgehead atoms. The minimum Gasteiger partial charge on any atom is -0.476 e. The fraction of sp³-hybridized carbons (Fsp3) is 0.727. The lowest BCUT2D eigenvalue weighted by Gasteiger charge is -2.36. The first kappa shape index (κ1) is 13.0. The van der Waals surface area contributed by atoms with Crippen molar-refractivity contribution in [2.75, 3.05) is 19.6 Å². The molecule has 0 spiro atoms. The number of carbonyl (C=O) groups is 1. The first-order valence-corrected chi connectivity index (χ1v) is 6.04. The first-order valence-electron chi connectivity index (χ1n) is 6.04. The van der Waals surface area contributed by atoms with Crippen molar-refractivity contribution in [2.24, 2.45) is 0 Å². The summed E-state index contributed by atoms with van der Waals surface area (Å²) in [5.74, 6) is -1.07. The van der Waals surface area contributed by atoms with Gasteiger partial charge in [0.2, 0.25) is 0 Å². The zero-order chi connectivity index (χ0) is 13.2. The van der Waals surface area contributed by atoms with Crippen molar-refractivity contribution in [2.45, 2.75) is 31.9 Å². The van der Waals surface area contributed by atoms with Crippen LogP contribution in [0.1, 0.15) is 30.3 Å². The molecule has 0 saturated carbocycles. The Labute approximate surface area is 105 Å². The van der Waals surface area contributed by atoms with Crippen LogP contribution in [0.5, 0.6) is 0 Å². The van der Waals surface area contributed by atoms with Gasteiger partial charge in [-0.05, 0) is 26.3 Å². The molecular formula is C11H18N4O3. The number of aliphatic hydroxyl groups is 1. The smallest absolute Gasteiger partial charge is 0.358 e. The second-order valence-electron chi connectivity index (χ2n) is 5.05. The summed E-state index contributed by atoms with van der Waals surface area (Å²) in [5, 5.41) is 26.0. The molecule has 1 aromatic heterocycles. The Kier molecular flexibility index (Phi) is 3.63. The van der Waals surface area contributed by atoms with Gasteiger partial charge in [-0.1, -0.05) is 5.21 Å². The van der Waals surface area contributed by atoms with Gasteiger partial charge in [-0.15, -0.1) is 5.10 Å². The highest BCUT2D eigenvalue weighted by Gasteiger charge is 2.27. The summed E-state index contributed by atoms with van der Waals surface area (Å²) in [5.41, 5.74) is -0.659. The van der Waals surface area contributed by atoms with E-state index in [0.717, 1.165) is 25.9 Å². The minimum atomic E-state index is -1.07. The Morgan fingerprint density at radius 1 is 1.56 bits per heavy atom. The number of piperidine rings is 1. The molecule has 1 fully saturated rings. The Bertz CT molecular complexity index is 430. The molecule has 100 valence electrons. The number of hydrogen-bond acceptors (Lipinski definition) is 5. The van der Waals surface area contributed by atoms with Crippen molar-refractivity contribution in [1.82, 2.24) is 19.9 Å². The predicted octanol–water partition coefficient (Wildman–Crippen LogP) is -0.177. The largest absolute Gasteiger partial charge is 0.476 e. The summed E-state index contributed by atoms with van der Waals surface area (Å²) < 4.78 is 1.52. The van der Waals surface area contributed by atoms with Gasteiger partial charge < -0.3 is 10.2 Å². The van der Waals surface area contributed by atoms with Crippen LogP contribution in [-0.4, -0.2) is 61.3 Å². The molecule has 1 saturated heterocycles. The lowest BCUT2D eigenvalue weighted by molar-refractivity contribution is -0.0165. The molecule has 2 rings (SSSR count). The molecule has 7 nitrogen and oxygen atoms in total. The summed E-state index contributed by atoms with van der Waals surface area (Å²) in [6.45, 7) is 4.76. The zero-order valence-electron chi connectivity index (χ0n) is 10.4. The maximum Gasteiger partial charge on any atom is 0.358 e. The Morgan fingerprint density at radius 2 is 2.33 bits per heavy atom. The minimum absolute atomic E-state index is 0.0411. The Hall–Kier alpha value is -1.47. The van der Waals surface area contributed by atoms with Crippen LogP contribution in [0.15, 0.2) is 6.20 Å². The summed E-state index contributed by atoms with van der Waals surface area (Å²) in [6, 6.07) is 0. The molecule has 0 aliphatic carbocycles. The average molecular weight is 254 g/mol. The van der Waals surface area contributed by atoms with E-state index in [2.05, 4.69) is 15.2 Å². The van der Waals surface area contributed by atoms with Gasteiger partial charge in [0, 0.05) is 13.1 Å². The third-order valence-electron chi connectivity index (χ3n) is 3.16. The van der Waals surface area contributed by atoms with Crippen LogP contribution >= 0.6 is 0 Å². The number of likely N-dealkylation sites (tertiary alicyclic amines) is 1. The molecular weight excluding hydrogens is 236 g/mol. The van der Waals surface area contributed by atoms with Crippen LogP contribution in [0.25, 0.3) is 0 Å². The number of carboxylic acid groups (broad SMARTS) is 1. The summed E-state index contributed by atoms with van der Waals surface area (Å²) in [4.78, 5) is 12.8. The SMILES string of the molecule is CC1(O)CCCN(CCn2cc(C(=O)O)nn2)C1. The number of rotatable bonds is 4. The van der Waals surface area contributed by atoms with Crippen molar-refractivity contribution in [3.63, 3.8) is 0 Å². The molecule has 7 heteroatoms. The molecule has 2 N–H and O–H groups in total. The van der Waals surface area contributed by atoms with Gasteiger partial charge in [-0.25, -0.2) is 4.79 Å². The number of β-amino-alcohol motifs (C(OH)–C–C–N with tert-alkyl or cyclic N) is 1. The second-order valence-corrected chi connectivity index (χ2v) is 5.05. The normalized spacial score (nSPS) is 25.2. The van der Waals surface area contributed by atoms with Gasteiger partial charge in [0.25, 0.3) is 0 Å². The molecule has 0 aromatic carbocycles. The van der Waals surface area contributed by atoms with Gasteiger partial charge in [0.1, 0.15) is 0 Å². The third-order valence-corrected chi connectivity index (χ3v) is 3.16. The molecule has 18 heavy (non-hydrogen) atoms. The average Bonchev–Trinajstić information content (AvgIpc) is 2.74. The number of nitrogens with zero attached hydrogens (tertiary/aromatic N) is 4. The second kappa shape index (κ2) is 5.03. The van der Waals surface area contributed by atoms with E-state index in [9.17, 15) is 9.90 Å². The van der Waals surface area contributed by atoms with Gasteiger partial charge >= 0.3 is 5.97 Å². The maximum absolute atomic E-state index is 10.6. The number of hydrogen-bond donors (Lipinski definition) is 2. The molecule has 1 aliphatic heterocycles. The quantitative estimate of drug-likeness (QED) is 0.774. The van der Waals surface area contributed by atoms with E-state index >= 15 is 0 Å². The van der Waals surface area contributed by atoms with Crippen LogP contribution in [0.3, 0.4) is 0 Å². The Balaban J connectivity index is 1.85. The van der Waals surface area contributed by atoms with Crippen molar-refractivity contribution in [3.05, 3.63) is 11.9 Å². The molecule has 1 unspecified atom stereocenters. The fourth-order valence-electron chi connectivity index (χ4n) is 2.26. The van der Waals surface area contributed by atoms with Gasteiger partial charge in [0.15, 0.2) is 5.69 Å². The predicted molar refractivity (Wildman–Crippen MR) is 63.3 cm³/mol. The summed E-state index contributed by atoms with van der Waals surface area (Å²) >= 11 is 0. The molecule has 1 aromatic rings. The monoisotopic (exact) mass is 254 g/mol. The van der Waals surface area contributed by atoms with E-state index in [-0.39, 0.29) is 5.69 Å². The fourth-order valence-corrected chi connectivity index (χ4v) is 2.26. The highest BCUT2D eigenvalue weighted by Crippen LogP contribution is 2.19. The lowest BCUT2D eigenvalue weighted by atomic mass is 9.95. The van der Waals surface area contributed by atoms with Crippen molar-refractivity contribution < 1.29 is 15.0 Å². The van der Waals surface area contributed by atoms with Gasteiger partial charge in [-0.3, -0.25) is 9.58 Å². The van der Waals surface area contributed by atoms with E-state index in [0.29, 0.717) is 13.1 Å². The van der Waals surface area contributed by atoms with Gasteiger partial charge in [0.05, 0.1) is 18.3 Å². The molecule has 1 aliphatic rings. The number of aromatic nitrogens is 3. The van der Waals surface area contributed by atoms with Crippen LogP contribution in [0.4, 0.5) is 0 Å². The van der Waals surface area contributed by atoms with Crippen LogP contribution in [0, 0.1) is 0 Å². The van der Waals surface area contributed by atoms with Gasteiger partial charge in [-0.2, -0.15) is 0 Å². The van der Waals surface area contributed by atoms with Crippen molar-refractivity contribution in [1.29, 1.82) is 0 Å². The van der Waals surface area contributed by atoms with E-state index in [1.165, 1.54) is 10.9 Å². The molecule has 0 radical (unpaired) electrons. The highest BCUT2D eigenvalue weighted by atomic mass is 16.4. The van der Waals surface area contributed by atoms with E-state index in [1.54, 1.807) is 0 Å². The molecule has 0 amide bonds. The van der Waals surface area contributed by atoms with E-state index in [1.807, 2.05) is 6.92 Å².